The second-order valence-electron chi connectivity index (χ2n) is 9.96. The van der Waals surface area contributed by atoms with Crippen molar-refractivity contribution in [3.8, 4) is 5.69 Å². The van der Waals surface area contributed by atoms with Gasteiger partial charge in [0.1, 0.15) is 0 Å². The Kier molecular flexibility index (Phi) is 9.69. The van der Waals surface area contributed by atoms with E-state index >= 15 is 0 Å². The second-order valence-corrected chi connectivity index (χ2v) is 10.4. The third-order valence-electron chi connectivity index (χ3n) is 7.16. The first-order chi connectivity index (χ1) is 19.5. The minimum atomic E-state index is -4.87. The zero-order chi connectivity index (χ0) is 29.6. The van der Waals surface area contributed by atoms with Gasteiger partial charge in [-0.25, -0.2) is 4.68 Å². The van der Waals surface area contributed by atoms with Gasteiger partial charge in [-0.3, -0.25) is 14.4 Å². The molecule has 12 heteroatoms. The van der Waals surface area contributed by atoms with Crippen LogP contribution in [0.4, 0.5) is 18.9 Å². The minimum absolute atomic E-state index is 0.141. The highest BCUT2D eigenvalue weighted by atomic mass is 35.5. The molecule has 0 aliphatic heterocycles. The molecule has 0 unspecified atom stereocenters. The number of ether oxygens (including phenoxy) is 1. The molecule has 1 fully saturated rings. The third-order valence-corrected chi connectivity index (χ3v) is 7.48. The first-order valence-corrected chi connectivity index (χ1v) is 13.6. The van der Waals surface area contributed by atoms with Crippen molar-refractivity contribution in [1.82, 2.24) is 15.1 Å². The lowest BCUT2D eigenvalue weighted by Crippen LogP contribution is -2.29. The number of hydrogen-bond donors (Lipinski definition) is 2. The number of aromatic nitrogens is 2. The first kappa shape index (κ1) is 30.1. The predicted octanol–water partition coefficient (Wildman–Crippen LogP) is 6.14. The van der Waals surface area contributed by atoms with E-state index in [4.69, 9.17) is 16.3 Å². The topological polar surface area (TPSA) is 102 Å². The van der Waals surface area contributed by atoms with E-state index < -0.39 is 29.2 Å². The van der Waals surface area contributed by atoms with E-state index in [1.54, 1.807) is 24.3 Å². The number of hydrogen-bond acceptors (Lipinski definition) is 5. The fourth-order valence-electron chi connectivity index (χ4n) is 4.98. The quantitative estimate of drug-likeness (QED) is 0.292. The Morgan fingerprint density at radius 2 is 1.73 bits per heavy atom. The summed E-state index contributed by atoms with van der Waals surface area (Å²) >= 11 is 6.07. The normalized spacial score (nSPS) is 17.1. The average molecular weight is 591 g/mol. The lowest BCUT2D eigenvalue weighted by Gasteiger charge is -2.28. The van der Waals surface area contributed by atoms with Crippen molar-refractivity contribution in [3.63, 3.8) is 0 Å². The molecule has 3 aromatic rings. The summed E-state index contributed by atoms with van der Waals surface area (Å²) in [5.41, 5.74) is -0.103. The van der Waals surface area contributed by atoms with Gasteiger partial charge in [0.2, 0.25) is 5.91 Å². The van der Waals surface area contributed by atoms with Crippen molar-refractivity contribution in [1.29, 1.82) is 0 Å². The van der Waals surface area contributed by atoms with Crippen LogP contribution >= 0.6 is 11.6 Å². The standard InChI is InChI=1S/C29H30ClF3N4O4/c1-41-26(39)16-18-6-8-19(9-7-18)20-10-12-21(13-11-20)35-25(38)14-15-34-28(40)22-17-37(36-27(22)29(31,32)33)24-5-3-2-4-23(24)30/h2-5,10-13,17-19H,6-9,14-16H2,1H3,(H,34,40)(H,35,38)/t18-,19-. The van der Waals surface area contributed by atoms with Gasteiger partial charge >= 0.3 is 12.1 Å². The summed E-state index contributed by atoms with van der Waals surface area (Å²) in [6.45, 7) is -0.174. The molecule has 0 spiro atoms. The molecule has 0 bridgehead atoms. The monoisotopic (exact) mass is 590 g/mol. The van der Waals surface area contributed by atoms with Crippen LogP contribution in [0, 0.1) is 5.92 Å². The maximum Gasteiger partial charge on any atom is 0.435 e. The molecular weight excluding hydrogens is 561 g/mol. The number of methoxy groups -OCH3 is 1. The summed E-state index contributed by atoms with van der Waals surface area (Å²) in [5, 5.41) is 8.81. The first-order valence-electron chi connectivity index (χ1n) is 13.2. The Hall–Kier alpha value is -3.86. The number of anilines is 1. The predicted molar refractivity (Wildman–Crippen MR) is 147 cm³/mol. The van der Waals surface area contributed by atoms with Gasteiger partial charge in [0.15, 0.2) is 5.69 Å². The van der Waals surface area contributed by atoms with E-state index in [0.717, 1.165) is 42.1 Å². The van der Waals surface area contributed by atoms with Crippen molar-refractivity contribution in [3.05, 3.63) is 76.6 Å². The molecule has 1 aliphatic rings. The lowest BCUT2D eigenvalue weighted by atomic mass is 9.77. The zero-order valence-corrected chi connectivity index (χ0v) is 23.1. The molecule has 2 amide bonds. The van der Waals surface area contributed by atoms with Gasteiger partial charge in [-0.1, -0.05) is 35.9 Å². The van der Waals surface area contributed by atoms with E-state index in [0.29, 0.717) is 23.9 Å². The number of halogens is 4. The van der Waals surface area contributed by atoms with Gasteiger partial charge < -0.3 is 15.4 Å². The van der Waals surface area contributed by atoms with Crippen LogP contribution in [0.25, 0.3) is 5.69 Å². The van der Waals surface area contributed by atoms with Crippen molar-refractivity contribution in [2.24, 2.45) is 5.92 Å². The number of para-hydroxylation sites is 1. The van der Waals surface area contributed by atoms with Crippen molar-refractivity contribution < 1.29 is 32.3 Å². The van der Waals surface area contributed by atoms with Gasteiger partial charge in [0, 0.05) is 31.3 Å². The molecule has 0 atom stereocenters. The Labute approximate surface area is 240 Å². The van der Waals surface area contributed by atoms with Crippen molar-refractivity contribution >= 4 is 35.1 Å². The summed E-state index contributed by atoms with van der Waals surface area (Å²) in [4.78, 5) is 36.5. The molecule has 1 aliphatic carbocycles. The molecule has 218 valence electrons. The number of rotatable bonds is 9. The summed E-state index contributed by atoms with van der Waals surface area (Å²) in [5.74, 6) is -0.856. The van der Waals surface area contributed by atoms with Crippen molar-refractivity contribution in [2.75, 3.05) is 19.0 Å². The van der Waals surface area contributed by atoms with Gasteiger partial charge in [-0.2, -0.15) is 18.3 Å². The maximum atomic E-state index is 13.6. The Morgan fingerprint density at radius 3 is 2.37 bits per heavy atom. The van der Waals surface area contributed by atoms with Gasteiger partial charge in [-0.15, -0.1) is 0 Å². The molecule has 1 saturated carbocycles. The van der Waals surface area contributed by atoms with E-state index in [1.165, 1.54) is 19.2 Å². The van der Waals surface area contributed by atoms with Crippen LogP contribution in [0.1, 0.15) is 66.1 Å². The summed E-state index contributed by atoms with van der Waals surface area (Å²) in [6.07, 6.45) is 0.255. The Morgan fingerprint density at radius 1 is 1.05 bits per heavy atom. The van der Waals surface area contributed by atoms with E-state index in [9.17, 15) is 27.6 Å². The number of amides is 2. The molecule has 8 nitrogen and oxygen atoms in total. The minimum Gasteiger partial charge on any atom is -0.469 e. The fourth-order valence-corrected chi connectivity index (χ4v) is 5.20. The molecule has 41 heavy (non-hydrogen) atoms. The number of nitrogens with zero attached hydrogens (tertiary/aromatic N) is 2. The van der Waals surface area contributed by atoms with Gasteiger partial charge in [0.25, 0.3) is 5.91 Å². The number of esters is 1. The Balaban J connectivity index is 1.28. The van der Waals surface area contributed by atoms with Crippen LogP contribution < -0.4 is 10.6 Å². The smallest absolute Gasteiger partial charge is 0.435 e. The molecule has 2 N–H and O–H groups in total. The number of alkyl halides is 3. The second kappa shape index (κ2) is 13.2. The largest absolute Gasteiger partial charge is 0.469 e. The summed E-state index contributed by atoms with van der Waals surface area (Å²) < 4.78 is 46.4. The third kappa shape index (κ3) is 7.87. The lowest BCUT2D eigenvalue weighted by molar-refractivity contribution is -0.142. The van der Waals surface area contributed by atoms with Crippen LogP contribution in [0.5, 0.6) is 0 Å². The average Bonchev–Trinajstić information content (AvgIpc) is 3.40. The highest BCUT2D eigenvalue weighted by Crippen LogP contribution is 2.37. The number of carbonyl (C=O) groups is 3. The molecule has 4 rings (SSSR count). The molecule has 0 radical (unpaired) electrons. The molecule has 0 saturated heterocycles. The SMILES string of the molecule is COC(=O)C[C@H]1CC[C@H](c2ccc(NC(=O)CCNC(=O)c3cn(-c4ccccc4Cl)nc3C(F)(F)F)cc2)CC1. The number of nitrogens with one attached hydrogen (secondary N) is 2. The molecule has 1 aromatic heterocycles. The highest BCUT2D eigenvalue weighted by molar-refractivity contribution is 6.32. The van der Waals surface area contributed by atoms with Crippen molar-refractivity contribution in [2.45, 2.75) is 50.6 Å². The van der Waals surface area contributed by atoms with Crippen LogP contribution in [-0.4, -0.2) is 41.2 Å². The van der Waals surface area contributed by atoms with Gasteiger partial charge in [-0.05, 0) is 67.3 Å². The van der Waals surface area contributed by atoms with E-state index in [-0.39, 0.29) is 29.6 Å². The summed E-state index contributed by atoms with van der Waals surface area (Å²) in [7, 11) is 1.40. The molecule has 1 heterocycles. The number of benzene rings is 2. The highest BCUT2D eigenvalue weighted by Gasteiger charge is 2.39. The fraction of sp³-hybridized carbons (Fsp3) is 0.379. The molecular formula is C29H30ClF3N4O4. The van der Waals surface area contributed by atoms with E-state index in [1.807, 2.05) is 12.1 Å². The van der Waals surface area contributed by atoms with Crippen LogP contribution in [0.3, 0.4) is 0 Å². The maximum absolute atomic E-state index is 13.6. The van der Waals surface area contributed by atoms with Gasteiger partial charge in [0.05, 0.1) is 23.4 Å². The number of carbonyl (C=O) groups excluding carboxylic acids is 3. The van der Waals surface area contributed by atoms with Crippen LogP contribution in [-0.2, 0) is 20.5 Å². The zero-order valence-electron chi connectivity index (χ0n) is 22.3. The molecule has 2 aromatic carbocycles. The van der Waals surface area contributed by atoms with Crippen LogP contribution in [0.2, 0.25) is 5.02 Å². The van der Waals surface area contributed by atoms with E-state index in [2.05, 4.69) is 15.7 Å². The van der Waals surface area contributed by atoms with Crippen LogP contribution in [0.15, 0.2) is 54.7 Å². The Bertz CT molecular complexity index is 1380. The summed E-state index contributed by atoms with van der Waals surface area (Å²) in [6, 6.07) is 13.7.